The van der Waals surface area contributed by atoms with Crippen LogP contribution in [0, 0.1) is 0 Å². The second-order valence-corrected chi connectivity index (χ2v) is 6.45. The minimum Gasteiger partial charge on any atom is -0.497 e. The van der Waals surface area contributed by atoms with Crippen LogP contribution in [0.3, 0.4) is 0 Å². The molecule has 0 amide bonds. The number of hydrogen-bond donors (Lipinski definition) is 0. The van der Waals surface area contributed by atoms with Crippen LogP contribution in [-0.4, -0.2) is 49.8 Å². The highest BCUT2D eigenvalue weighted by Gasteiger charge is 2.16. The average Bonchev–Trinajstić information content (AvgIpc) is 3.29. The lowest BCUT2D eigenvalue weighted by Gasteiger charge is -2.11. The number of Topliss-reactive ketones (excluding diaryl/α,β-unsaturated/α-hetero) is 1. The van der Waals surface area contributed by atoms with Crippen LogP contribution in [0.25, 0.3) is 11.4 Å². The number of ketones is 1. The predicted octanol–water partition coefficient (Wildman–Crippen LogP) is 3.09. The lowest BCUT2D eigenvalue weighted by Crippen LogP contribution is -2.15. The summed E-state index contributed by atoms with van der Waals surface area (Å²) in [5.74, 6) is 1.39. The van der Waals surface area contributed by atoms with E-state index in [1.54, 1.807) is 37.4 Å². The van der Waals surface area contributed by atoms with Crippen molar-refractivity contribution in [1.82, 2.24) is 10.1 Å². The maximum atomic E-state index is 12.0. The number of carbonyl (C=O) groups excluding carboxylic acids is 2. The van der Waals surface area contributed by atoms with E-state index < -0.39 is 5.97 Å². The Balaban J connectivity index is 1.58. The first-order chi connectivity index (χ1) is 15.4. The summed E-state index contributed by atoms with van der Waals surface area (Å²) in [6, 6.07) is 9.84. The number of rotatable bonds is 10. The summed E-state index contributed by atoms with van der Waals surface area (Å²) in [7, 11) is 4.51. The Morgan fingerprint density at radius 2 is 1.72 bits per heavy atom. The van der Waals surface area contributed by atoms with Crippen LogP contribution in [-0.2, 0) is 16.1 Å². The summed E-state index contributed by atoms with van der Waals surface area (Å²) in [6.45, 7) is 0.845. The molecule has 0 fully saturated rings. The number of esters is 1. The highest BCUT2D eigenvalue weighted by atomic mass is 16.6. The summed E-state index contributed by atoms with van der Waals surface area (Å²) < 4.78 is 31.4. The fraction of sp³-hybridized carbons (Fsp3) is 0.273. The van der Waals surface area contributed by atoms with Crippen molar-refractivity contribution in [2.45, 2.75) is 13.5 Å². The van der Waals surface area contributed by atoms with E-state index in [9.17, 15) is 9.59 Å². The number of nitrogens with zero attached hydrogens (tertiary/aromatic N) is 2. The quantitative estimate of drug-likeness (QED) is 0.342. The highest BCUT2D eigenvalue weighted by Crippen LogP contribution is 2.31. The normalized spacial score (nSPS) is 10.4. The number of methoxy groups -OCH3 is 3. The molecule has 2 aromatic carbocycles. The first-order valence-electron chi connectivity index (χ1n) is 9.47. The lowest BCUT2D eigenvalue weighted by molar-refractivity contribution is -0.148. The third kappa shape index (κ3) is 5.34. The molecule has 1 aromatic heterocycles. The molecular formula is C22H22N2O8. The molecule has 0 saturated heterocycles. The van der Waals surface area contributed by atoms with E-state index in [1.807, 2.05) is 0 Å². The average molecular weight is 442 g/mol. The monoisotopic (exact) mass is 442 g/mol. The Labute approximate surface area is 184 Å². The van der Waals surface area contributed by atoms with Gasteiger partial charge in [0, 0.05) is 11.6 Å². The third-order valence-electron chi connectivity index (χ3n) is 4.39. The first kappa shape index (κ1) is 22.6. The minimum atomic E-state index is -0.649. The van der Waals surface area contributed by atoms with Crippen LogP contribution in [0.5, 0.6) is 23.0 Å². The maximum absolute atomic E-state index is 12.0. The molecule has 10 heteroatoms. The number of aromatic nitrogens is 2. The Kier molecular flexibility index (Phi) is 7.27. The van der Waals surface area contributed by atoms with Gasteiger partial charge in [0.05, 0.1) is 26.9 Å². The molecule has 3 rings (SSSR count). The van der Waals surface area contributed by atoms with Crippen molar-refractivity contribution >= 4 is 11.8 Å². The molecule has 0 unspecified atom stereocenters. The summed E-state index contributed by atoms with van der Waals surface area (Å²) in [5, 5.41) is 3.89. The van der Waals surface area contributed by atoms with Crippen LogP contribution in [0.4, 0.5) is 0 Å². The van der Waals surface area contributed by atoms with Gasteiger partial charge in [-0.25, -0.2) is 4.79 Å². The molecule has 0 spiro atoms. The lowest BCUT2D eigenvalue weighted by atomic mass is 10.1. The fourth-order valence-electron chi connectivity index (χ4n) is 2.73. The van der Waals surface area contributed by atoms with E-state index in [4.69, 9.17) is 28.2 Å². The molecule has 168 valence electrons. The number of hydrogen-bond acceptors (Lipinski definition) is 10. The zero-order valence-corrected chi connectivity index (χ0v) is 18.0. The van der Waals surface area contributed by atoms with E-state index in [0.29, 0.717) is 34.1 Å². The van der Waals surface area contributed by atoms with Crippen molar-refractivity contribution in [1.29, 1.82) is 0 Å². The molecule has 0 aliphatic heterocycles. The van der Waals surface area contributed by atoms with E-state index >= 15 is 0 Å². The summed E-state index contributed by atoms with van der Waals surface area (Å²) in [6.07, 6.45) is 0. The van der Waals surface area contributed by atoms with Gasteiger partial charge in [-0.1, -0.05) is 5.16 Å². The first-order valence-corrected chi connectivity index (χ1v) is 9.47. The molecule has 0 radical (unpaired) electrons. The molecule has 0 atom stereocenters. The van der Waals surface area contributed by atoms with E-state index in [2.05, 4.69) is 10.1 Å². The van der Waals surface area contributed by atoms with Gasteiger partial charge >= 0.3 is 5.97 Å². The molecule has 3 aromatic rings. The van der Waals surface area contributed by atoms with Crippen molar-refractivity contribution < 1.29 is 37.8 Å². The number of benzene rings is 2. The standard InChI is InChI=1S/C22H22N2O8/c1-13(25)14-5-8-17(19(9-14)29-4)30-12-21(26)31-11-20-23-22(24-32-20)16-7-6-15(27-2)10-18(16)28-3/h5-10H,11-12H2,1-4H3. The van der Waals surface area contributed by atoms with Crippen molar-refractivity contribution in [2.24, 2.45) is 0 Å². The van der Waals surface area contributed by atoms with Gasteiger partial charge in [0.2, 0.25) is 5.82 Å². The maximum Gasteiger partial charge on any atom is 0.344 e. The van der Waals surface area contributed by atoms with Crippen LogP contribution >= 0.6 is 0 Å². The van der Waals surface area contributed by atoms with Crippen molar-refractivity contribution in [3.05, 3.63) is 47.9 Å². The van der Waals surface area contributed by atoms with Gasteiger partial charge in [0.15, 0.2) is 30.5 Å². The third-order valence-corrected chi connectivity index (χ3v) is 4.39. The molecule has 0 aliphatic rings. The summed E-state index contributed by atoms with van der Waals surface area (Å²) in [5.41, 5.74) is 1.07. The molecular weight excluding hydrogens is 420 g/mol. The van der Waals surface area contributed by atoms with E-state index in [0.717, 1.165) is 0 Å². The zero-order chi connectivity index (χ0) is 23.1. The van der Waals surface area contributed by atoms with Crippen molar-refractivity contribution in [2.75, 3.05) is 27.9 Å². The summed E-state index contributed by atoms with van der Waals surface area (Å²) in [4.78, 5) is 27.7. The van der Waals surface area contributed by atoms with E-state index in [1.165, 1.54) is 27.2 Å². The molecule has 32 heavy (non-hydrogen) atoms. The topological polar surface area (TPSA) is 119 Å². The van der Waals surface area contributed by atoms with Gasteiger partial charge < -0.3 is 28.2 Å². The second-order valence-electron chi connectivity index (χ2n) is 6.45. The Hall–Kier alpha value is -4.08. The molecule has 0 saturated carbocycles. The van der Waals surface area contributed by atoms with Crippen LogP contribution in [0.2, 0.25) is 0 Å². The van der Waals surface area contributed by atoms with Gasteiger partial charge in [-0.15, -0.1) is 0 Å². The Bertz CT molecular complexity index is 1110. The van der Waals surface area contributed by atoms with Gasteiger partial charge in [-0.2, -0.15) is 4.98 Å². The van der Waals surface area contributed by atoms with Gasteiger partial charge in [-0.05, 0) is 37.3 Å². The van der Waals surface area contributed by atoms with E-state index in [-0.39, 0.29) is 30.7 Å². The number of ether oxygens (including phenoxy) is 5. The molecule has 0 bridgehead atoms. The Morgan fingerprint density at radius 1 is 0.938 bits per heavy atom. The highest BCUT2D eigenvalue weighted by molar-refractivity contribution is 5.94. The minimum absolute atomic E-state index is 0.106. The van der Waals surface area contributed by atoms with Crippen molar-refractivity contribution in [3.8, 4) is 34.4 Å². The fourth-order valence-corrected chi connectivity index (χ4v) is 2.73. The largest absolute Gasteiger partial charge is 0.497 e. The summed E-state index contributed by atoms with van der Waals surface area (Å²) >= 11 is 0. The van der Waals surface area contributed by atoms with Crippen LogP contribution in [0.1, 0.15) is 23.2 Å². The molecule has 0 N–H and O–H groups in total. The van der Waals surface area contributed by atoms with Gasteiger partial charge in [-0.3, -0.25) is 4.79 Å². The molecule has 0 aliphatic carbocycles. The molecule has 1 heterocycles. The molecule has 10 nitrogen and oxygen atoms in total. The smallest absolute Gasteiger partial charge is 0.344 e. The predicted molar refractivity (Wildman–Crippen MR) is 111 cm³/mol. The van der Waals surface area contributed by atoms with Crippen molar-refractivity contribution in [3.63, 3.8) is 0 Å². The Morgan fingerprint density at radius 3 is 2.41 bits per heavy atom. The van der Waals surface area contributed by atoms with Crippen LogP contribution in [0.15, 0.2) is 40.9 Å². The second kappa shape index (κ2) is 10.3. The van der Waals surface area contributed by atoms with Gasteiger partial charge in [0.25, 0.3) is 5.89 Å². The van der Waals surface area contributed by atoms with Gasteiger partial charge in [0.1, 0.15) is 11.5 Å². The zero-order valence-electron chi connectivity index (χ0n) is 18.0. The number of carbonyl (C=O) groups is 2. The SMILES string of the molecule is COc1ccc(-c2noc(COC(=O)COc3ccc(C(C)=O)cc3OC)n2)c(OC)c1. The van der Waals surface area contributed by atoms with Crippen LogP contribution < -0.4 is 18.9 Å².